The second-order valence-electron chi connectivity index (χ2n) is 5.39. The molecule has 0 aliphatic carbocycles. The molecule has 0 aromatic rings. The Bertz CT molecular complexity index is 204. The molecule has 0 N–H and O–H groups in total. The number of hydrogen-bond donors (Lipinski definition) is 0. The Morgan fingerprint density at radius 1 is 1.13 bits per heavy atom. The average Bonchev–Trinajstić information content (AvgIpc) is 2.74. The van der Waals surface area contributed by atoms with Gasteiger partial charge in [0, 0.05) is 18.5 Å². The number of hydrogen-bond acceptors (Lipinski definition) is 3. The van der Waals surface area contributed by atoms with Crippen molar-refractivity contribution in [1.82, 2.24) is 4.90 Å². The summed E-state index contributed by atoms with van der Waals surface area (Å²) in [4.78, 5) is 2.52. The van der Waals surface area contributed by atoms with Gasteiger partial charge in [0.1, 0.15) is 0 Å². The molecule has 0 aromatic heterocycles. The fraction of sp³-hybridized carbons (Fsp3) is 1.00. The van der Waals surface area contributed by atoms with Crippen molar-refractivity contribution >= 4 is 0 Å². The van der Waals surface area contributed by atoms with Crippen LogP contribution in [0.5, 0.6) is 0 Å². The molecule has 2 aliphatic rings. The van der Waals surface area contributed by atoms with Gasteiger partial charge >= 0.3 is 0 Å². The smallest absolute Gasteiger partial charge is 0.182 e. The van der Waals surface area contributed by atoms with Gasteiger partial charge in [0.2, 0.25) is 0 Å². The van der Waals surface area contributed by atoms with Crippen molar-refractivity contribution in [1.29, 1.82) is 0 Å². The molecule has 1 atom stereocenters. The molecule has 2 aliphatic heterocycles. The van der Waals surface area contributed by atoms with Crippen molar-refractivity contribution in [2.45, 2.75) is 52.0 Å². The second kappa shape index (κ2) is 4.04. The van der Waals surface area contributed by atoms with E-state index in [4.69, 9.17) is 9.47 Å². The van der Waals surface area contributed by atoms with E-state index in [-0.39, 0.29) is 5.79 Å². The molecule has 0 saturated carbocycles. The molecule has 1 unspecified atom stereocenters. The molecule has 1 spiro atoms. The maximum Gasteiger partial charge on any atom is 0.182 e. The molecule has 3 heteroatoms. The largest absolute Gasteiger partial charge is 0.346 e. The van der Waals surface area contributed by atoms with Crippen LogP contribution in [0.1, 0.15) is 34.1 Å². The summed E-state index contributed by atoms with van der Waals surface area (Å²) in [6, 6.07) is 1.17. The van der Waals surface area contributed by atoms with Crippen molar-refractivity contribution in [2.24, 2.45) is 5.92 Å². The predicted molar refractivity (Wildman–Crippen MR) is 59.7 cm³/mol. The van der Waals surface area contributed by atoms with Crippen LogP contribution in [0.25, 0.3) is 0 Å². The minimum atomic E-state index is -0.279. The molecule has 0 bridgehead atoms. The van der Waals surface area contributed by atoms with Gasteiger partial charge in [-0.05, 0) is 19.8 Å². The molecule has 0 radical (unpaired) electrons. The maximum absolute atomic E-state index is 5.80. The first-order valence-electron chi connectivity index (χ1n) is 6.08. The Balaban J connectivity index is 2.11. The van der Waals surface area contributed by atoms with Crippen molar-refractivity contribution in [3.63, 3.8) is 0 Å². The standard InChI is InChI=1S/C12H23NO2/c1-9(2)11-7-12(14-5-6-15-12)8-13(11)10(3)4/h9-11H,5-8H2,1-4H3. The van der Waals surface area contributed by atoms with Gasteiger partial charge in [0.25, 0.3) is 0 Å². The average molecular weight is 213 g/mol. The fourth-order valence-corrected chi connectivity index (χ4v) is 2.79. The third kappa shape index (κ3) is 2.05. The minimum absolute atomic E-state index is 0.279. The third-order valence-corrected chi connectivity index (χ3v) is 3.62. The summed E-state index contributed by atoms with van der Waals surface area (Å²) in [7, 11) is 0. The van der Waals surface area contributed by atoms with Crippen molar-refractivity contribution < 1.29 is 9.47 Å². The van der Waals surface area contributed by atoms with Gasteiger partial charge in [0.15, 0.2) is 5.79 Å². The third-order valence-electron chi connectivity index (χ3n) is 3.62. The normalized spacial score (nSPS) is 31.2. The van der Waals surface area contributed by atoms with Gasteiger partial charge in [-0.3, -0.25) is 4.90 Å². The van der Waals surface area contributed by atoms with E-state index in [2.05, 4.69) is 32.6 Å². The highest BCUT2D eigenvalue weighted by Crippen LogP contribution is 2.38. The lowest BCUT2D eigenvalue weighted by Crippen LogP contribution is -2.40. The topological polar surface area (TPSA) is 21.7 Å². The quantitative estimate of drug-likeness (QED) is 0.699. The Morgan fingerprint density at radius 2 is 1.73 bits per heavy atom. The van der Waals surface area contributed by atoms with Crippen molar-refractivity contribution in [3.05, 3.63) is 0 Å². The zero-order chi connectivity index (χ0) is 11.1. The Kier molecular flexibility index (Phi) is 3.06. The lowest BCUT2D eigenvalue weighted by molar-refractivity contribution is -0.146. The molecule has 2 fully saturated rings. The van der Waals surface area contributed by atoms with Crippen LogP contribution in [0.3, 0.4) is 0 Å². The van der Waals surface area contributed by atoms with Crippen LogP contribution in [0.2, 0.25) is 0 Å². The molecule has 88 valence electrons. The Labute approximate surface area is 92.7 Å². The van der Waals surface area contributed by atoms with Crippen LogP contribution < -0.4 is 0 Å². The van der Waals surface area contributed by atoms with E-state index in [0.29, 0.717) is 18.0 Å². The van der Waals surface area contributed by atoms with Gasteiger partial charge in [-0.1, -0.05) is 13.8 Å². The first kappa shape index (κ1) is 11.4. The monoisotopic (exact) mass is 213 g/mol. The second-order valence-corrected chi connectivity index (χ2v) is 5.39. The zero-order valence-corrected chi connectivity index (χ0v) is 10.3. The number of ether oxygens (including phenoxy) is 2. The molecule has 0 aromatic carbocycles. The lowest BCUT2D eigenvalue weighted by atomic mass is 9.99. The van der Waals surface area contributed by atoms with E-state index in [1.54, 1.807) is 0 Å². The summed E-state index contributed by atoms with van der Waals surface area (Å²) in [6.45, 7) is 11.5. The van der Waals surface area contributed by atoms with Crippen LogP contribution in [-0.4, -0.2) is 42.5 Å². The Morgan fingerprint density at radius 3 is 2.13 bits per heavy atom. The summed E-state index contributed by atoms with van der Waals surface area (Å²) >= 11 is 0. The van der Waals surface area contributed by atoms with E-state index >= 15 is 0 Å². The van der Waals surface area contributed by atoms with Gasteiger partial charge in [-0.25, -0.2) is 0 Å². The summed E-state index contributed by atoms with van der Waals surface area (Å²) in [6.07, 6.45) is 1.03. The SMILES string of the molecule is CC(C)C1CC2(CN1C(C)C)OCCO2. The van der Waals surface area contributed by atoms with Gasteiger partial charge in [-0.2, -0.15) is 0 Å². The van der Waals surface area contributed by atoms with E-state index in [0.717, 1.165) is 26.2 Å². The van der Waals surface area contributed by atoms with E-state index in [1.807, 2.05) is 0 Å². The molecular formula is C12H23NO2. The lowest BCUT2D eigenvalue weighted by Gasteiger charge is -2.30. The number of likely N-dealkylation sites (tertiary alicyclic amines) is 1. The molecular weight excluding hydrogens is 190 g/mol. The van der Waals surface area contributed by atoms with Gasteiger partial charge in [0.05, 0.1) is 19.8 Å². The molecule has 3 nitrogen and oxygen atoms in total. The number of nitrogens with zero attached hydrogens (tertiary/aromatic N) is 1. The molecule has 2 saturated heterocycles. The van der Waals surface area contributed by atoms with E-state index < -0.39 is 0 Å². The summed E-state index contributed by atoms with van der Waals surface area (Å²) in [5.74, 6) is 0.388. The van der Waals surface area contributed by atoms with Gasteiger partial charge < -0.3 is 9.47 Å². The Hall–Kier alpha value is -0.120. The minimum Gasteiger partial charge on any atom is -0.346 e. The zero-order valence-electron chi connectivity index (χ0n) is 10.3. The van der Waals surface area contributed by atoms with E-state index in [1.165, 1.54) is 0 Å². The highest BCUT2D eigenvalue weighted by molar-refractivity contribution is 4.96. The highest BCUT2D eigenvalue weighted by Gasteiger charge is 2.49. The fourth-order valence-electron chi connectivity index (χ4n) is 2.79. The molecule has 2 rings (SSSR count). The summed E-state index contributed by atoms with van der Waals surface area (Å²) < 4.78 is 11.6. The summed E-state index contributed by atoms with van der Waals surface area (Å²) in [5.41, 5.74) is 0. The first-order chi connectivity index (χ1) is 7.04. The predicted octanol–water partition coefficient (Wildman–Crippen LogP) is 1.87. The van der Waals surface area contributed by atoms with Crippen LogP contribution in [0, 0.1) is 5.92 Å². The van der Waals surface area contributed by atoms with Crippen LogP contribution in [-0.2, 0) is 9.47 Å². The van der Waals surface area contributed by atoms with Gasteiger partial charge in [-0.15, -0.1) is 0 Å². The van der Waals surface area contributed by atoms with Crippen LogP contribution >= 0.6 is 0 Å². The van der Waals surface area contributed by atoms with Crippen LogP contribution in [0.4, 0.5) is 0 Å². The first-order valence-corrected chi connectivity index (χ1v) is 6.08. The molecule has 0 amide bonds. The molecule has 2 heterocycles. The molecule has 15 heavy (non-hydrogen) atoms. The maximum atomic E-state index is 5.80. The van der Waals surface area contributed by atoms with Crippen molar-refractivity contribution in [2.75, 3.05) is 19.8 Å². The number of rotatable bonds is 2. The van der Waals surface area contributed by atoms with E-state index in [9.17, 15) is 0 Å². The highest BCUT2D eigenvalue weighted by atomic mass is 16.7. The van der Waals surface area contributed by atoms with Crippen molar-refractivity contribution in [3.8, 4) is 0 Å². The summed E-state index contributed by atoms with van der Waals surface area (Å²) in [5, 5.41) is 0. The van der Waals surface area contributed by atoms with Crippen LogP contribution in [0.15, 0.2) is 0 Å².